The zero-order chi connectivity index (χ0) is 17.2. The minimum absolute atomic E-state index is 0.120. The summed E-state index contributed by atoms with van der Waals surface area (Å²) in [5.41, 5.74) is 0. The second kappa shape index (κ2) is 17.8. The molecule has 0 amide bonds. The van der Waals surface area contributed by atoms with E-state index in [9.17, 15) is 9.90 Å². The number of aliphatic hydroxyl groups excluding tert-OH is 1. The van der Waals surface area contributed by atoms with Gasteiger partial charge in [-0.05, 0) is 19.3 Å². The van der Waals surface area contributed by atoms with Gasteiger partial charge >= 0.3 is 5.97 Å². The Labute approximate surface area is 143 Å². The van der Waals surface area contributed by atoms with Crippen molar-refractivity contribution < 1.29 is 15.0 Å². The maximum atomic E-state index is 11.3. The number of unbranched alkanes of at least 4 members (excludes halogenated alkanes) is 12. The van der Waals surface area contributed by atoms with E-state index >= 15 is 0 Å². The molecular weight excluding hydrogens is 288 g/mol. The summed E-state index contributed by atoms with van der Waals surface area (Å²) in [6.45, 7) is 2.53. The highest BCUT2D eigenvalue weighted by Crippen LogP contribution is 2.19. The molecule has 0 aliphatic carbocycles. The van der Waals surface area contributed by atoms with Crippen molar-refractivity contribution in [3.8, 4) is 0 Å². The topological polar surface area (TPSA) is 57.5 Å². The number of hydrogen-bond acceptors (Lipinski definition) is 2. The molecule has 0 saturated heterocycles. The Morgan fingerprint density at radius 2 is 1.09 bits per heavy atom. The highest BCUT2D eigenvalue weighted by atomic mass is 16.4. The SMILES string of the molecule is CCCCCCCCC(CCCCCCCCCCO)C(=O)O. The Kier molecular flexibility index (Phi) is 17.3. The Balaban J connectivity index is 3.48. The molecule has 0 aromatic rings. The summed E-state index contributed by atoms with van der Waals surface area (Å²) in [6.07, 6.45) is 18.4. The second-order valence-electron chi connectivity index (χ2n) is 6.93. The molecule has 1 unspecified atom stereocenters. The standard InChI is InChI=1S/C20H40O3/c1-2-3-4-5-10-13-16-19(20(22)23)17-14-11-8-6-7-9-12-15-18-21/h19,21H,2-18H2,1H3,(H,22,23). The number of hydrogen-bond donors (Lipinski definition) is 2. The Hall–Kier alpha value is -0.570. The zero-order valence-corrected chi connectivity index (χ0v) is 15.4. The predicted octanol–water partition coefficient (Wildman–Crippen LogP) is 5.94. The summed E-state index contributed by atoms with van der Waals surface area (Å²) in [4.78, 5) is 11.3. The lowest BCUT2D eigenvalue weighted by atomic mass is 9.94. The first-order chi connectivity index (χ1) is 11.2. The number of rotatable bonds is 18. The molecule has 0 fully saturated rings. The van der Waals surface area contributed by atoms with Crippen LogP contribution in [0.15, 0.2) is 0 Å². The quantitative estimate of drug-likeness (QED) is 0.306. The van der Waals surface area contributed by atoms with Gasteiger partial charge in [-0.3, -0.25) is 4.79 Å². The number of carboxylic acid groups (broad SMARTS) is 1. The maximum absolute atomic E-state index is 11.3. The molecule has 2 N–H and O–H groups in total. The molecule has 0 aliphatic rings. The van der Waals surface area contributed by atoms with Crippen LogP contribution >= 0.6 is 0 Å². The van der Waals surface area contributed by atoms with Gasteiger partial charge in [0.15, 0.2) is 0 Å². The molecule has 0 aromatic carbocycles. The van der Waals surface area contributed by atoms with Crippen molar-refractivity contribution in [2.45, 2.75) is 110 Å². The second-order valence-corrected chi connectivity index (χ2v) is 6.93. The van der Waals surface area contributed by atoms with Crippen molar-refractivity contribution >= 4 is 5.97 Å². The highest BCUT2D eigenvalue weighted by Gasteiger charge is 2.16. The van der Waals surface area contributed by atoms with E-state index in [-0.39, 0.29) is 5.92 Å². The fourth-order valence-corrected chi connectivity index (χ4v) is 3.13. The molecule has 0 aromatic heterocycles. The van der Waals surface area contributed by atoms with Gasteiger partial charge in [0.05, 0.1) is 5.92 Å². The minimum atomic E-state index is -0.595. The number of carbonyl (C=O) groups is 1. The van der Waals surface area contributed by atoms with Gasteiger partial charge in [-0.25, -0.2) is 0 Å². The summed E-state index contributed by atoms with van der Waals surface area (Å²) in [7, 11) is 0. The maximum Gasteiger partial charge on any atom is 0.306 e. The predicted molar refractivity (Wildman–Crippen MR) is 97.8 cm³/mol. The third kappa shape index (κ3) is 16.1. The van der Waals surface area contributed by atoms with Crippen LogP contribution in [0.5, 0.6) is 0 Å². The highest BCUT2D eigenvalue weighted by molar-refractivity contribution is 5.69. The van der Waals surface area contributed by atoms with E-state index in [0.717, 1.165) is 38.5 Å². The molecule has 1 atom stereocenters. The van der Waals surface area contributed by atoms with E-state index in [2.05, 4.69) is 6.92 Å². The van der Waals surface area contributed by atoms with Crippen LogP contribution in [-0.2, 0) is 4.79 Å². The summed E-state index contributed by atoms with van der Waals surface area (Å²) in [6, 6.07) is 0. The van der Waals surface area contributed by atoms with Crippen LogP contribution in [0, 0.1) is 5.92 Å². The zero-order valence-electron chi connectivity index (χ0n) is 15.4. The number of aliphatic hydroxyl groups is 1. The molecular formula is C20H40O3. The first-order valence-corrected chi connectivity index (χ1v) is 10.1. The normalized spacial score (nSPS) is 12.4. The monoisotopic (exact) mass is 328 g/mol. The lowest BCUT2D eigenvalue weighted by molar-refractivity contribution is -0.142. The van der Waals surface area contributed by atoms with Crippen LogP contribution in [-0.4, -0.2) is 22.8 Å². The third-order valence-corrected chi connectivity index (χ3v) is 4.72. The van der Waals surface area contributed by atoms with Crippen LogP contribution in [0.2, 0.25) is 0 Å². The molecule has 0 aliphatic heterocycles. The summed E-state index contributed by atoms with van der Waals surface area (Å²) in [5, 5.41) is 18.0. The molecule has 3 nitrogen and oxygen atoms in total. The number of aliphatic carboxylic acids is 1. The van der Waals surface area contributed by atoms with Crippen LogP contribution < -0.4 is 0 Å². The average Bonchev–Trinajstić information content (AvgIpc) is 2.54. The third-order valence-electron chi connectivity index (χ3n) is 4.72. The Morgan fingerprint density at radius 1 is 0.696 bits per heavy atom. The fourth-order valence-electron chi connectivity index (χ4n) is 3.13. The summed E-state index contributed by atoms with van der Waals surface area (Å²) >= 11 is 0. The molecule has 0 spiro atoms. The van der Waals surface area contributed by atoms with Crippen molar-refractivity contribution in [3.63, 3.8) is 0 Å². The van der Waals surface area contributed by atoms with Crippen molar-refractivity contribution in [2.75, 3.05) is 6.61 Å². The molecule has 3 heteroatoms. The minimum Gasteiger partial charge on any atom is -0.481 e. The van der Waals surface area contributed by atoms with E-state index in [1.165, 1.54) is 64.2 Å². The Morgan fingerprint density at radius 3 is 1.48 bits per heavy atom. The first-order valence-electron chi connectivity index (χ1n) is 10.1. The molecule has 0 saturated carbocycles. The van der Waals surface area contributed by atoms with E-state index in [1.54, 1.807) is 0 Å². The lowest BCUT2D eigenvalue weighted by Gasteiger charge is -2.12. The van der Waals surface area contributed by atoms with Gasteiger partial charge in [-0.1, -0.05) is 90.4 Å². The van der Waals surface area contributed by atoms with Gasteiger partial charge in [-0.15, -0.1) is 0 Å². The van der Waals surface area contributed by atoms with Crippen LogP contribution in [0.4, 0.5) is 0 Å². The summed E-state index contributed by atoms with van der Waals surface area (Å²) < 4.78 is 0. The first kappa shape index (κ1) is 22.4. The van der Waals surface area contributed by atoms with Gasteiger partial charge in [-0.2, -0.15) is 0 Å². The van der Waals surface area contributed by atoms with Crippen molar-refractivity contribution in [1.29, 1.82) is 0 Å². The lowest BCUT2D eigenvalue weighted by Crippen LogP contribution is -2.13. The van der Waals surface area contributed by atoms with E-state index < -0.39 is 5.97 Å². The van der Waals surface area contributed by atoms with Crippen LogP contribution in [0.1, 0.15) is 110 Å². The van der Waals surface area contributed by atoms with E-state index in [1.807, 2.05) is 0 Å². The summed E-state index contributed by atoms with van der Waals surface area (Å²) in [5.74, 6) is -0.715. The van der Waals surface area contributed by atoms with Crippen molar-refractivity contribution in [3.05, 3.63) is 0 Å². The fraction of sp³-hybridized carbons (Fsp3) is 0.950. The van der Waals surface area contributed by atoms with Gasteiger partial charge in [0.25, 0.3) is 0 Å². The van der Waals surface area contributed by atoms with Crippen molar-refractivity contribution in [1.82, 2.24) is 0 Å². The largest absolute Gasteiger partial charge is 0.481 e. The smallest absolute Gasteiger partial charge is 0.306 e. The van der Waals surface area contributed by atoms with E-state index in [0.29, 0.717) is 6.61 Å². The van der Waals surface area contributed by atoms with Crippen LogP contribution in [0.3, 0.4) is 0 Å². The number of carboxylic acids is 1. The molecule has 0 radical (unpaired) electrons. The molecule has 0 bridgehead atoms. The van der Waals surface area contributed by atoms with Gasteiger partial charge in [0.2, 0.25) is 0 Å². The molecule has 23 heavy (non-hydrogen) atoms. The van der Waals surface area contributed by atoms with Gasteiger partial charge < -0.3 is 10.2 Å². The van der Waals surface area contributed by atoms with Crippen LogP contribution in [0.25, 0.3) is 0 Å². The molecule has 0 rings (SSSR count). The van der Waals surface area contributed by atoms with Gasteiger partial charge in [0, 0.05) is 6.61 Å². The average molecular weight is 329 g/mol. The van der Waals surface area contributed by atoms with Gasteiger partial charge in [0.1, 0.15) is 0 Å². The Bertz CT molecular complexity index is 253. The molecule has 138 valence electrons. The molecule has 0 heterocycles. The van der Waals surface area contributed by atoms with E-state index in [4.69, 9.17) is 5.11 Å². The van der Waals surface area contributed by atoms with Crippen molar-refractivity contribution in [2.24, 2.45) is 5.92 Å².